The molecule has 0 amide bonds. The third-order valence-corrected chi connectivity index (χ3v) is 3.74. The minimum atomic E-state index is 0.322. The summed E-state index contributed by atoms with van der Waals surface area (Å²) >= 11 is 6.02. The SMILES string of the molecule is Cc1ccc(-c2c(-c3ccc(Cl)cc3C)noc2N)cc1. The van der Waals surface area contributed by atoms with Crippen LogP contribution in [-0.4, -0.2) is 5.16 Å². The molecule has 1 aromatic heterocycles. The number of nitrogens with zero attached hydrogens (tertiary/aromatic N) is 1. The van der Waals surface area contributed by atoms with Gasteiger partial charge in [-0.15, -0.1) is 0 Å². The van der Waals surface area contributed by atoms with Gasteiger partial charge < -0.3 is 10.3 Å². The fourth-order valence-corrected chi connectivity index (χ4v) is 2.61. The number of benzene rings is 2. The summed E-state index contributed by atoms with van der Waals surface area (Å²) < 4.78 is 5.21. The number of nitrogen functional groups attached to an aromatic ring is 1. The molecule has 0 bridgehead atoms. The molecule has 3 rings (SSSR count). The van der Waals surface area contributed by atoms with Crippen molar-refractivity contribution in [2.75, 3.05) is 5.73 Å². The maximum Gasteiger partial charge on any atom is 0.230 e. The van der Waals surface area contributed by atoms with Gasteiger partial charge in [0.25, 0.3) is 0 Å². The van der Waals surface area contributed by atoms with Crippen molar-refractivity contribution in [2.24, 2.45) is 0 Å². The fourth-order valence-electron chi connectivity index (χ4n) is 2.38. The summed E-state index contributed by atoms with van der Waals surface area (Å²) in [6, 6.07) is 13.8. The van der Waals surface area contributed by atoms with E-state index in [-0.39, 0.29) is 0 Å². The first-order chi connectivity index (χ1) is 10.1. The molecule has 2 aromatic carbocycles. The van der Waals surface area contributed by atoms with Crippen LogP contribution in [0.5, 0.6) is 0 Å². The van der Waals surface area contributed by atoms with Crippen LogP contribution in [0.3, 0.4) is 0 Å². The van der Waals surface area contributed by atoms with Gasteiger partial charge in [0.05, 0.1) is 5.56 Å². The van der Waals surface area contributed by atoms with Gasteiger partial charge in [-0.3, -0.25) is 0 Å². The van der Waals surface area contributed by atoms with Gasteiger partial charge in [-0.2, -0.15) is 0 Å². The van der Waals surface area contributed by atoms with Gasteiger partial charge in [-0.1, -0.05) is 52.7 Å². The van der Waals surface area contributed by atoms with E-state index in [9.17, 15) is 0 Å². The van der Waals surface area contributed by atoms with E-state index in [2.05, 4.69) is 5.16 Å². The zero-order valence-corrected chi connectivity index (χ0v) is 12.6. The second-order valence-electron chi connectivity index (χ2n) is 5.10. The molecule has 0 aliphatic carbocycles. The van der Waals surface area contributed by atoms with Gasteiger partial charge in [-0.05, 0) is 37.1 Å². The monoisotopic (exact) mass is 298 g/mol. The van der Waals surface area contributed by atoms with Crippen molar-refractivity contribution in [1.29, 1.82) is 0 Å². The van der Waals surface area contributed by atoms with Crippen LogP contribution in [-0.2, 0) is 0 Å². The molecule has 0 unspecified atom stereocenters. The van der Waals surface area contributed by atoms with Crippen molar-refractivity contribution >= 4 is 17.5 Å². The molecule has 4 heteroatoms. The molecule has 3 aromatic rings. The molecule has 0 aliphatic heterocycles. The Morgan fingerprint density at radius 1 is 1.05 bits per heavy atom. The Morgan fingerprint density at radius 2 is 1.76 bits per heavy atom. The zero-order chi connectivity index (χ0) is 15.0. The van der Waals surface area contributed by atoms with Crippen LogP contribution < -0.4 is 5.73 Å². The van der Waals surface area contributed by atoms with Crippen LogP contribution in [0.1, 0.15) is 11.1 Å². The minimum Gasteiger partial charge on any atom is -0.367 e. The van der Waals surface area contributed by atoms with E-state index in [1.165, 1.54) is 5.56 Å². The number of anilines is 1. The molecule has 0 radical (unpaired) electrons. The van der Waals surface area contributed by atoms with Gasteiger partial charge in [0, 0.05) is 10.6 Å². The standard InChI is InChI=1S/C17H15ClN2O/c1-10-3-5-12(6-4-10)15-16(20-21-17(15)19)14-8-7-13(18)9-11(14)2/h3-9H,19H2,1-2H3. The summed E-state index contributed by atoms with van der Waals surface area (Å²) in [5.41, 5.74) is 11.7. The molecule has 3 nitrogen and oxygen atoms in total. The van der Waals surface area contributed by atoms with Gasteiger partial charge in [-0.25, -0.2) is 0 Å². The maximum absolute atomic E-state index is 6.02. The summed E-state index contributed by atoms with van der Waals surface area (Å²) in [7, 11) is 0. The highest BCUT2D eigenvalue weighted by molar-refractivity contribution is 6.30. The molecular formula is C17H15ClN2O. The molecule has 0 saturated carbocycles. The minimum absolute atomic E-state index is 0.322. The molecular weight excluding hydrogens is 284 g/mol. The molecule has 0 atom stereocenters. The van der Waals surface area contributed by atoms with E-state index in [4.69, 9.17) is 21.9 Å². The first-order valence-corrected chi connectivity index (χ1v) is 7.03. The molecule has 1 heterocycles. The number of halogens is 1. The lowest BCUT2D eigenvalue weighted by atomic mass is 9.97. The Balaban J connectivity index is 2.19. The molecule has 0 aliphatic rings. The number of hydrogen-bond acceptors (Lipinski definition) is 3. The lowest BCUT2D eigenvalue weighted by molar-refractivity contribution is 0.439. The molecule has 2 N–H and O–H groups in total. The highest BCUT2D eigenvalue weighted by Gasteiger charge is 2.18. The van der Waals surface area contributed by atoms with Crippen LogP contribution in [0.4, 0.5) is 5.88 Å². The summed E-state index contributed by atoms with van der Waals surface area (Å²) in [6.07, 6.45) is 0. The van der Waals surface area contributed by atoms with Gasteiger partial charge in [0.2, 0.25) is 5.88 Å². The maximum atomic E-state index is 6.02. The van der Waals surface area contributed by atoms with Crippen molar-refractivity contribution in [2.45, 2.75) is 13.8 Å². The Hall–Kier alpha value is -2.26. The highest BCUT2D eigenvalue weighted by atomic mass is 35.5. The van der Waals surface area contributed by atoms with Gasteiger partial charge in [0.15, 0.2) is 0 Å². The number of rotatable bonds is 2. The topological polar surface area (TPSA) is 52.0 Å². The Morgan fingerprint density at radius 3 is 2.43 bits per heavy atom. The summed E-state index contributed by atoms with van der Waals surface area (Å²) in [6.45, 7) is 4.04. The van der Waals surface area contributed by atoms with E-state index in [0.717, 1.165) is 27.9 Å². The highest BCUT2D eigenvalue weighted by Crippen LogP contribution is 2.37. The Bertz CT molecular complexity index is 791. The van der Waals surface area contributed by atoms with Crippen LogP contribution in [0.15, 0.2) is 47.0 Å². The average molecular weight is 299 g/mol. The van der Waals surface area contributed by atoms with Crippen molar-refractivity contribution < 1.29 is 4.52 Å². The number of hydrogen-bond donors (Lipinski definition) is 1. The van der Waals surface area contributed by atoms with Crippen molar-refractivity contribution in [3.05, 3.63) is 58.6 Å². The summed E-state index contributed by atoms with van der Waals surface area (Å²) in [4.78, 5) is 0. The quantitative estimate of drug-likeness (QED) is 0.735. The van der Waals surface area contributed by atoms with Crippen LogP contribution >= 0.6 is 11.6 Å². The van der Waals surface area contributed by atoms with E-state index in [1.54, 1.807) is 0 Å². The molecule has 0 fully saturated rings. The Kier molecular flexibility index (Phi) is 3.43. The Labute approximate surface area is 128 Å². The second kappa shape index (κ2) is 5.26. The van der Waals surface area contributed by atoms with Gasteiger partial charge in [0.1, 0.15) is 5.69 Å². The van der Waals surface area contributed by atoms with Crippen molar-refractivity contribution in [1.82, 2.24) is 5.16 Å². The van der Waals surface area contributed by atoms with Crippen LogP contribution in [0, 0.1) is 13.8 Å². The molecule has 106 valence electrons. The fraction of sp³-hybridized carbons (Fsp3) is 0.118. The lowest BCUT2D eigenvalue weighted by Crippen LogP contribution is -1.90. The van der Waals surface area contributed by atoms with Crippen LogP contribution in [0.25, 0.3) is 22.4 Å². The van der Waals surface area contributed by atoms with E-state index in [0.29, 0.717) is 10.9 Å². The smallest absolute Gasteiger partial charge is 0.230 e. The van der Waals surface area contributed by atoms with Gasteiger partial charge >= 0.3 is 0 Å². The molecule has 21 heavy (non-hydrogen) atoms. The third-order valence-electron chi connectivity index (χ3n) is 3.50. The largest absolute Gasteiger partial charge is 0.367 e. The number of aryl methyl sites for hydroxylation is 2. The predicted octanol–water partition coefficient (Wildman–Crippen LogP) is 4.86. The normalized spacial score (nSPS) is 10.8. The zero-order valence-electron chi connectivity index (χ0n) is 11.9. The molecule has 0 saturated heterocycles. The summed E-state index contributed by atoms with van der Waals surface area (Å²) in [5, 5.41) is 4.83. The van der Waals surface area contributed by atoms with Crippen LogP contribution in [0.2, 0.25) is 5.02 Å². The van der Waals surface area contributed by atoms with E-state index in [1.807, 2.05) is 56.3 Å². The van der Waals surface area contributed by atoms with Crippen molar-refractivity contribution in [3.8, 4) is 22.4 Å². The average Bonchev–Trinajstić information content (AvgIpc) is 2.82. The second-order valence-corrected chi connectivity index (χ2v) is 5.53. The van der Waals surface area contributed by atoms with E-state index >= 15 is 0 Å². The number of nitrogens with two attached hydrogens (primary N) is 1. The predicted molar refractivity (Wildman–Crippen MR) is 86.3 cm³/mol. The summed E-state index contributed by atoms with van der Waals surface area (Å²) in [5.74, 6) is 0.322. The lowest BCUT2D eigenvalue weighted by Gasteiger charge is -2.06. The van der Waals surface area contributed by atoms with Crippen molar-refractivity contribution in [3.63, 3.8) is 0 Å². The first-order valence-electron chi connectivity index (χ1n) is 6.65. The first kappa shape index (κ1) is 13.7. The third kappa shape index (κ3) is 2.52. The molecule has 0 spiro atoms. The van der Waals surface area contributed by atoms with E-state index < -0.39 is 0 Å². The number of aromatic nitrogens is 1.